The van der Waals surface area contributed by atoms with Crippen LogP contribution in [0.1, 0.15) is 5.56 Å². The number of pyridine rings is 1. The van der Waals surface area contributed by atoms with Gasteiger partial charge in [0.2, 0.25) is 5.43 Å². The van der Waals surface area contributed by atoms with E-state index in [-0.39, 0.29) is 23.3 Å². The Morgan fingerprint density at radius 3 is 2.75 bits per heavy atom. The number of benzene rings is 1. The topological polar surface area (TPSA) is 76.5 Å². The lowest BCUT2D eigenvalue weighted by Gasteiger charge is -2.07. The maximum absolute atomic E-state index is 11.9. The third-order valence-corrected chi connectivity index (χ3v) is 2.85. The molecule has 0 atom stereocenters. The molecule has 0 saturated carbocycles. The summed E-state index contributed by atoms with van der Waals surface area (Å²) in [4.78, 5) is 26.1. The van der Waals surface area contributed by atoms with Crippen LogP contribution in [0.5, 0.6) is 5.75 Å². The summed E-state index contributed by atoms with van der Waals surface area (Å²) in [5.74, 6) is 0.00528. The third kappa shape index (κ3) is 2.18. The van der Waals surface area contributed by atoms with Crippen molar-refractivity contribution in [1.29, 1.82) is 0 Å². The van der Waals surface area contributed by atoms with Gasteiger partial charge in [-0.25, -0.2) is 4.52 Å². The van der Waals surface area contributed by atoms with Crippen LogP contribution in [0.25, 0.3) is 5.52 Å². The molecule has 0 unspecified atom stereocenters. The van der Waals surface area contributed by atoms with Gasteiger partial charge >= 0.3 is 0 Å². The number of fused-ring (bicyclic) bond motifs is 1. The van der Waals surface area contributed by atoms with Gasteiger partial charge in [-0.2, -0.15) is 5.10 Å². The first-order valence-corrected chi connectivity index (χ1v) is 6.02. The van der Waals surface area contributed by atoms with Crippen LogP contribution >= 0.6 is 0 Å². The van der Waals surface area contributed by atoms with E-state index in [1.54, 1.807) is 0 Å². The van der Waals surface area contributed by atoms with Crippen molar-refractivity contribution in [2.24, 2.45) is 0 Å². The highest BCUT2D eigenvalue weighted by atomic mass is 16.5. The van der Waals surface area contributed by atoms with Crippen LogP contribution < -0.4 is 15.7 Å². The molecule has 3 rings (SSSR count). The van der Waals surface area contributed by atoms with Gasteiger partial charge in [-0.1, -0.05) is 30.3 Å². The maximum Gasteiger partial charge on any atom is 0.279 e. The van der Waals surface area contributed by atoms with Gasteiger partial charge in [-0.15, -0.1) is 0 Å². The predicted octanol–water partition coefficient (Wildman–Crippen LogP) is 0.962. The highest BCUT2D eigenvalue weighted by Crippen LogP contribution is 2.11. The Balaban J connectivity index is 2.05. The monoisotopic (exact) mass is 269 g/mol. The molecule has 0 aliphatic rings. The number of nitrogens with zero attached hydrogens (tertiary/aromatic N) is 2. The van der Waals surface area contributed by atoms with Crippen LogP contribution in [0.15, 0.2) is 58.5 Å². The minimum Gasteiger partial charge on any atom is -0.482 e. The fourth-order valence-electron chi connectivity index (χ4n) is 1.90. The minimum absolute atomic E-state index is 0.00528. The number of nitrogens with one attached hydrogen (secondary N) is 1. The van der Waals surface area contributed by atoms with Crippen molar-refractivity contribution in [2.45, 2.75) is 6.61 Å². The number of rotatable bonds is 3. The van der Waals surface area contributed by atoms with Crippen molar-refractivity contribution < 1.29 is 4.74 Å². The highest BCUT2D eigenvalue weighted by molar-refractivity contribution is 5.56. The van der Waals surface area contributed by atoms with Crippen molar-refractivity contribution in [1.82, 2.24) is 14.6 Å². The zero-order valence-corrected chi connectivity index (χ0v) is 10.4. The molecule has 0 spiro atoms. The number of hydrogen-bond acceptors (Lipinski definition) is 4. The molecule has 100 valence electrons. The summed E-state index contributed by atoms with van der Waals surface area (Å²) < 4.78 is 6.84. The molecule has 1 N–H and O–H groups in total. The zero-order valence-electron chi connectivity index (χ0n) is 10.4. The van der Waals surface area contributed by atoms with E-state index in [1.807, 2.05) is 30.3 Å². The van der Waals surface area contributed by atoms with E-state index in [4.69, 9.17) is 4.74 Å². The van der Waals surface area contributed by atoms with E-state index in [0.717, 1.165) is 5.56 Å². The molecule has 0 radical (unpaired) electrons. The van der Waals surface area contributed by atoms with Gasteiger partial charge in [0.1, 0.15) is 12.9 Å². The minimum atomic E-state index is -0.416. The summed E-state index contributed by atoms with van der Waals surface area (Å²) in [5.41, 5.74) is 0.255. The van der Waals surface area contributed by atoms with E-state index >= 15 is 0 Å². The summed E-state index contributed by atoms with van der Waals surface area (Å²) in [5, 5.41) is 3.94. The van der Waals surface area contributed by atoms with E-state index in [0.29, 0.717) is 0 Å². The lowest BCUT2D eigenvalue weighted by atomic mass is 10.2. The normalized spacial score (nSPS) is 10.6. The van der Waals surface area contributed by atoms with Gasteiger partial charge < -0.3 is 9.72 Å². The Bertz CT molecular complexity index is 853. The Labute approximate surface area is 113 Å². The summed E-state index contributed by atoms with van der Waals surface area (Å²) in [6, 6.07) is 10.7. The van der Waals surface area contributed by atoms with E-state index < -0.39 is 5.56 Å². The molecular weight excluding hydrogens is 258 g/mol. The van der Waals surface area contributed by atoms with Gasteiger partial charge in [-0.05, 0) is 5.56 Å². The van der Waals surface area contributed by atoms with Crippen molar-refractivity contribution in [3.05, 3.63) is 75.1 Å². The summed E-state index contributed by atoms with van der Waals surface area (Å²) in [6.07, 6.45) is 2.70. The SMILES string of the molecule is O=c1ccn2nc[nH]c(=O)c2c1OCc1ccccc1. The van der Waals surface area contributed by atoms with Crippen molar-refractivity contribution >= 4 is 5.52 Å². The second-order valence-corrected chi connectivity index (χ2v) is 4.19. The Kier molecular flexibility index (Phi) is 3.04. The largest absolute Gasteiger partial charge is 0.482 e. The van der Waals surface area contributed by atoms with Crippen LogP contribution in [0, 0.1) is 0 Å². The molecule has 20 heavy (non-hydrogen) atoms. The maximum atomic E-state index is 11.9. The average Bonchev–Trinajstić information content (AvgIpc) is 2.48. The number of hydrogen-bond donors (Lipinski definition) is 1. The van der Waals surface area contributed by atoms with E-state index in [9.17, 15) is 9.59 Å². The fraction of sp³-hybridized carbons (Fsp3) is 0.0714. The Morgan fingerprint density at radius 1 is 1.15 bits per heavy atom. The molecule has 0 fully saturated rings. The quantitative estimate of drug-likeness (QED) is 0.768. The van der Waals surface area contributed by atoms with E-state index in [2.05, 4.69) is 10.1 Å². The van der Waals surface area contributed by atoms with E-state index in [1.165, 1.54) is 23.1 Å². The smallest absolute Gasteiger partial charge is 0.279 e. The first kappa shape index (κ1) is 12.2. The second-order valence-electron chi connectivity index (χ2n) is 4.19. The molecule has 6 heteroatoms. The van der Waals surface area contributed by atoms with Crippen LogP contribution in [0.3, 0.4) is 0 Å². The number of ether oxygens (including phenoxy) is 1. The van der Waals surface area contributed by atoms with Crippen molar-refractivity contribution in [3.63, 3.8) is 0 Å². The molecule has 0 aliphatic heterocycles. The van der Waals surface area contributed by atoms with Crippen LogP contribution in [0.4, 0.5) is 0 Å². The van der Waals surface area contributed by atoms with Gasteiger partial charge in [-0.3, -0.25) is 9.59 Å². The Morgan fingerprint density at radius 2 is 1.95 bits per heavy atom. The first-order chi connectivity index (χ1) is 9.75. The third-order valence-electron chi connectivity index (χ3n) is 2.85. The predicted molar refractivity (Wildman–Crippen MR) is 72.9 cm³/mol. The molecule has 6 nitrogen and oxygen atoms in total. The van der Waals surface area contributed by atoms with Crippen molar-refractivity contribution in [3.8, 4) is 5.75 Å². The summed E-state index contributed by atoms with van der Waals surface area (Å²) in [7, 11) is 0. The molecule has 1 aromatic carbocycles. The molecule has 0 bridgehead atoms. The lowest BCUT2D eigenvalue weighted by molar-refractivity contribution is 0.305. The molecule has 3 aromatic rings. The summed E-state index contributed by atoms with van der Waals surface area (Å²) >= 11 is 0. The molecule has 0 aliphatic carbocycles. The lowest BCUT2D eigenvalue weighted by Crippen LogP contribution is -2.19. The van der Waals surface area contributed by atoms with Gasteiger partial charge in [0, 0.05) is 12.3 Å². The summed E-state index contributed by atoms with van der Waals surface area (Å²) in [6.45, 7) is 0.212. The number of H-pyrrole nitrogens is 1. The molecule has 2 heterocycles. The van der Waals surface area contributed by atoms with Crippen LogP contribution in [0.2, 0.25) is 0 Å². The van der Waals surface area contributed by atoms with Crippen molar-refractivity contribution in [2.75, 3.05) is 0 Å². The average molecular weight is 269 g/mol. The standard InChI is InChI=1S/C14H11N3O3/c18-11-6-7-17-12(14(19)15-9-16-17)13(11)20-8-10-4-2-1-3-5-10/h1-7,9H,8H2,(H,15,16,19). The van der Waals surface area contributed by atoms with Gasteiger partial charge in [0.15, 0.2) is 11.3 Å². The number of aromatic nitrogens is 3. The molecular formula is C14H11N3O3. The first-order valence-electron chi connectivity index (χ1n) is 6.02. The van der Waals surface area contributed by atoms with Crippen LogP contribution in [-0.2, 0) is 6.61 Å². The van der Waals surface area contributed by atoms with Crippen LogP contribution in [-0.4, -0.2) is 14.6 Å². The Hall–Kier alpha value is -2.89. The molecule has 0 saturated heterocycles. The zero-order chi connectivity index (χ0) is 13.9. The van der Waals surface area contributed by atoms with Gasteiger partial charge in [0.05, 0.1) is 0 Å². The molecule has 0 amide bonds. The van der Waals surface area contributed by atoms with Gasteiger partial charge in [0.25, 0.3) is 5.56 Å². The second kappa shape index (κ2) is 5.00. The number of aromatic amines is 1. The highest BCUT2D eigenvalue weighted by Gasteiger charge is 2.11. The fourth-order valence-corrected chi connectivity index (χ4v) is 1.90. The molecule has 2 aromatic heterocycles.